The van der Waals surface area contributed by atoms with Gasteiger partial charge in [0.25, 0.3) is 0 Å². The molecule has 6 aromatic rings. The van der Waals surface area contributed by atoms with E-state index in [2.05, 4.69) is 58.0 Å². The van der Waals surface area contributed by atoms with Gasteiger partial charge in [-0.3, -0.25) is 9.97 Å². The topological polar surface area (TPSA) is 83.1 Å². The number of rotatable bonds is 16. The van der Waals surface area contributed by atoms with Crippen LogP contribution in [0.25, 0.3) is 56.2 Å². The Morgan fingerprint density at radius 3 is 1.40 bits per heavy atom. The average Bonchev–Trinajstić information content (AvgIpc) is 3.80. The van der Waals surface area contributed by atoms with Gasteiger partial charge in [-0.05, 0) is 83.6 Å². The third kappa shape index (κ3) is 6.35. The normalized spacial score (nSPS) is 13.4. The molecule has 0 unspecified atom stereocenters. The number of imidazole rings is 2. The van der Waals surface area contributed by atoms with Crippen molar-refractivity contribution in [1.29, 1.82) is 0 Å². The van der Waals surface area contributed by atoms with Crippen molar-refractivity contribution in [3.8, 4) is 34.2 Å². The SMILES string of the molecule is CCCCCCCCC1(CCCCCCCC)c2cc3[nH]c(-c4ccccn4)nc3cc2-c2cc3nc(-c4ccccn4)[nH]c3cc21. The average molecular weight is 625 g/mol. The summed E-state index contributed by atoms with van der Waals surface area (Å²) in [6.07, 6.45) is 21.6. The maximum atomic E-state index is 5.05. The molecule has 2 N–H and O–H groups in total. The number of nitrogens with one attached hydrogen (secondary N) is 2. The first-order chi connectivity index (χ1) is 23.2. The van der Waals surface area contributed by atoms with Crippen LogP contribution in [0.5, 0.6) is 0 Å². The maximum absolute atomic E-state index is 5.05. The highest BCUT2D eigenvalue weighted by Gasteiger charge is 2.43. The number of benzene rings is 2. The summed E-state index contributed by atoms with van der Waals surface area (Å²) in [5.41, 5.74) is 11.4. The van der Waals surface area contributed by atoms with Crippen LogP contribution in [0.2, 0.25) is 0 Å². The summed E-state index contributed by atoms with van der Waals surface area (Å²) in [5.74, 6) is 1.65. The molecule has 0 amide bonds. The van der Waals surface area contributed by atoms with E-state index in [1.165, 1.54) is 99.3 Å². The molecule has 6 nitrogen and oxygen atoms in total. The number of hydrogen-bond donors (Lipinski definition) is 2. The monoisotopic (exact) mass is 624 g/mol. The van der Waals surface area contributed by atoms with E-state index in [-0.39, 0.29) is 5.41 Å². The summed E-state index contributed by atoms with van der Waals surface area (Å²) in [5, 5.41) is 0. The Labute approximate surface area is 278 Å². The number of aromatic nitrogens is 6. The smallest absolute Gasteiger partial charge is 0.157 e. The number of H-pyrrole nitrogens is 2. The first kappa shape index (κ1) is 31.3. The zero-order chi connectivity index (χ0) is 32.1. The molecule has 0 radical (unpaired) electrons. The first-order valence-corrected chi connectivity index (χ1v) is 18.1. The molecule has 2 aromatic carbocycles. The molecule has 0 saturated carbocycles. The van der Waals surface area contributed by atoms with Gasteiger partial charge in [0.15, 0.2) is 11.6 Å². The summed E-state index contributed by atoms with van der Waals surface area (Å²) in [7, 11) is 0. The lowest BCUT2D eigenvalue weighted by molar-refractivity contribution is 0.398. The lowest BCUT2D eigenvalue weighted by atomic mass is 9.70. The Morgan fingerprint density at radius 1 is 0.532 bits per heavy atom. The highest BCUT2D eigenvalue weighted by Crippen LogP contribution is 2.56. The van der Waals surface area contributed by atoms with Crippen molar-refractivity contribution < 1.29 is 0 Å². The minimum Gasteiger partial charge on any atom is -0.337 e. The quantitative estimate of drug-likeness (QED) is 0.105. The van der Waals surface area contributed by atoms with E-state index < -0.39 is 0 Å². The van der Waals surface area contributed by atoms with Crippen LogP contribution >= 0.6 is 0 Å². The van der Waals surface area contributed by atoms with Gasteiger partial charge in [-0.25, -0.2) is 9.97 Å². The molecule has 1 aliphatic rings. The molecule has 0 bridgehead atoms. The Morgan fingerprint density at radius 2 is 0.979 bits per heavy atom. The molecule has 0 saturated heterocycles. The predicted molar refractivity (Wildman–Crippen MR) is 194 cm³/mol. The molecular formula is C41H48N6. The Balaban J connectivity index is 1.34. The van der Waals surface area contributed by atoms with E-state index in [0.717, 1.165) is 57.9 Å². The fourth-order valence-electron chi connectivity index (χ4n) is 7.82. The summed E-state index contributed by atoms with van der Waals surface area (Å²) in [6, 6.07) is 21.5. The highest BCUT2D eigenvalue weighted by atomic mass is 15.0. The summed E-state index contributed by atoms with van der Waals surface area (Å²) in [4.78, 5) is 26.5. The van der Waals surface area contributed by atoms with Gasteiger partial charge in [-0.2, -0.15) is 0 Å². The molecule has 6 heteroatoms. The van der Waals surface area contributed by atoms with Gasteiger partial charge in [-0.1, -0.05) is 103 Å². The van der Waals surface area contributed by atoms with Gasteiger partial charge >= 0.3 is 0 Å². The van der Waals surface area contributed by atoms with Gasteiger partial charge in [0.1, 0.15) is 11.4 Å². The van der Waals surface area contributed by atoms with Crippen molar-refractivity contribution in [2.24, 2.45) is 0 Å². The second-order valence-electron chi connectivity index (χ2n) is 13.5. The number of aromatic amines is 2. The summed E-state index contributed by atoms with van der Waals surface area (Å²) in [6.45, 7) is 4.60. The van der Waals surface area contributed by atoms with Crippen molar-refractivity contribution >= 4 is 22.1 Å². The minimum atomic E-state index is -0.0465. The van der Waals surface area contributed by atoms with E-state index in [1.807, 2.05) is 48.8 Å². The van der Waals surface area contributed by atoms with E-state index >= 15 is 0 Å². The molecule has 0 fully saturated rings. The number of nitrogens with zero attached hydrogens (tertiary/aromatic N) is 4. The fourth-order valence-corrected chi connectivity index (χ4v) is 7.82. The lowest BCUT2D eigenvalue weighted by Crippen LogP contribution is -2.25. The van der Waals surface area contributed by atoms with Crippen molar-refractivity contribution in [1.82, 2.24) is 29.9 Å². The predicted octanol–water partition coefficient (Wildman–Crippen LogP) is 11.3. The van der Waals surface area contributed by atoms with Crippen molar-refractivity contribution in [2.45, 2.75) is 109 Å². The minimum absolute atomic E-state index is 0.0465. The Hall–Kier alpha value is -4.32. The second-order valence-corrected chi connectivity index (χ2v) is 13.5. The number of hydrogen-bond acceptors (Lipinski definition) is 4. The van der Waals surface area contributed by atoms with Crippen molar-refractivity contribution in [3.63, 3.8) is 0 Å². The standard InChI is InChI=1S/C41H48N6/c1-3-5-7-9-11-15-21-41(22-16-12-10-8-6-4-2)31-27-37-35(44-39(46-37)33-19-13-17-23-42-33)25-29(31)30-26-36-38(28-32(30)41)47-40(45-36)34-20-14-18-24-43-34/h13-14,17-20,23-28H,3-12,15-16,21-22H2,1-2H3,(H,44,46)(H,45,47). The second kappa shape index (κ2) is 14.2. The molecule has 4 heterocycles. The van der Waals surface area contributed by atoms with E-state index in [1.54, 1.807) is 0 Å². The van der Waals surface area contributed by atoms with Crippen molar-refractivity contribution in [2.75, 3.05) is 0 Å². The molecule has 7 rings (SSSR count). The first-order valence-electron chi connectivity index (χ1n) is 18.1. The summed E-state index contributed by atoms with van der Waals surface area (Å²) >= 11 is 0. The molecule has 4 aromatic heterocycles. The van der Waals surface area contributed by atoms with Crippen LogP contribution in [0.15, 0.2) is 73.1 Å². The van der Waals surface area contributed by atoms with Crippen LogP contribution in [-0.2, 0) is 5.41 Å². The summed E-state index contributed by atoms with van der Waals surface area (Å²) < 4.78 is 0. The zero-order valence-corrected chi connectivity index (χ0v) is 28.1. The Bertz CT molecular complexity index is 1780. The van der Waals surface area contributed by atoms with Gasteiger partial charge in [0.2, 0.25) is 0 Å². The molecule has 0 spiro atoms. The van der Waals surface area contributed by atoms with Crippen LogP contribution in [0.3, 0.4) is 0 Å². The zero-order valence-electron chi connectivity index (χ0n) is 28.1. The molecule has 1 aliphatic carbocycles. The third-order valence-electron chi connectivity index (χ3n) is 10.3. The van der Waals surface area contributed by atoms with Crippen LogP contribution in [0, 0.1) is 0 Å². The molecule has 242 valence electrons. The van der Waals surface area contributed by atoms with Crippen LogP contribution in [0.4, 0.5) is 0 Å². The lowest BCUT2D eigenvalue weighted by Gasteiger charge is -2.33. The number of fused-ring (bicyclic) bond motifs is 5. The van der Waals surface area contributed by atoms with Gasteiger partial charge in [0.05, 0.1) is 22.1 Å². The van der Waals surface area contributed by atoms with Crippen LogP contribution in [-0.4, -0.2) is 29.9 Å². The maximum Gasteiger partial charge on any atom is 0.157 e. The van der Waals surface area contributed by atoms with Crippen LogP contribution < -0.4 is 0 Å². The molecule has 47 heavy (non-hydrogen) atoms. The largest absolute Gasteiger partial charge is 0.337 e. The highest BCUT2D eigenvalue weighted by molar-refractivity contribution is 5.96. The van der Waals surface area contributed by atoms with Gasteiger partial charge < -0.3 is 9.97 Å². The molecule has 0 atom stereocenters. The third-order valence-corrected chi connectivity index (χ3v) is 10.3. The van der Waals surface area contributed by atoms with Gasteiger partial charge in [0, 0.05) is 17.8 Å². The van der Waals surface area contributed by atoms with Crippen LogP contribution in [0.1, 0.15) is 115 Å². The number of unbranched alkanes of at least 4 members (excludes halogenated alkanes) is 10. The number of pyridine rings is 2. The van der Waals surface area contributed by atoms with Gasteiger partial charge in [-0.15, -0.1) is 0 Å². The van der Waals surface area contributed by atoms with Crippen molar-refractivity contribution in [3.05, 3.63) is 84.2 Å². The van der Waals surface area contributed by atoms with E-state index in [0.29, 0.717) is 0 Å². The molecule has 0 aliphatic heterocycles. The fraction of sp³-hybridized carbons (Fsp3) is 0.415. The van der Waals surface area contributed by atoms with E-state index in [4.69, 9.17) is 9.97 Å². The van der Waals surface area contributed by atoms with E-state index in [9.17, 15) is 0 Å². The molecular weight excluding hydrogens is 576 g/mol. The Kier molecular flexibility index (Phi) is 9.46.